The lowest BCUT2D eigenvalue weighted by molar-refractivity contribution is 0.0500. The van der Waals surface area contributed by atoms with Crippen LogP contribution in [0.5, 0.6) is 0 Å². The summed E-state index contributed by atoms with van der Waals surface area (Å²) in [7, 11) is 0. The topological polar surface area (TPSA) is 74.7 Å². The number of aromatic nitrogens is 1. The third-order valence-electron chi connectivity index (χ3n) is 3.76. The summed E-state index contributed by atoms with van der Waals surface area (Å²) >= 11 is 0. The van der Waals surface area contributed by atoms with Crippen LogP contribution in [-0.2, 0) is 4.74 Å². The van der Waals surface area contributed by atoms with Crippen LogP contribution in [0.1, 0.15) is 52.2 Å². The zero-order valence-corrected chi connectivity index (χ0v) is 14.4. The third kappa shape index (κ3) is 5.10. The number of nitrogens with zero attached hydrogens (tertiary/aromatic N) is 2. The maximum Gasteiger partial charge on any atom is 0.407 e. The number of ether oxygens (including phenoxy) is 1. The van der Waals surface area contributed by atoms with Gasteiger partial charge in [0.1, 0.15) is 5.60 Å². The van der Waals surface area contributed by atoms with Crippen LogP contribution in [0.3, 0.4) is 0 Å². The summed E-state index contributed by atoms with van der Waals surface area (Å²) in [4.78, 5) is 18.2. The van der Waals surface area contributed by atoms with E-state index in [1.165, 1.54) is 0 Å². The molecular formula is C17H27N3O3. The van der Waals surface area contributed by atoms with E-state index < -0.39 is 11.7 Å². The largest absolute Gasteiger partial charge is 0.444 e. The van der Waals surface area contributed by atoms with Crippen LogP contribution in [-0.4, -0.2) is 40.9 Å². The zero-order valence-electron chi connectivity index (χ0n) is 14.4. The fourth-order valence-electron chi connectivity index (χ4n) is 2.80. The first-order valence-electron chi connectivity index (χ1n) is 8.12. The van der Waals surface area contributed by atoms with Gasteiger partial charge >= 0.3 is 6.09 Å². The number of pyridine rings is 1. The van der Waals surface area contributed by atoms with Crippen LogP contribution < -0.4 is 10.2 Å². The molecule has 6 heteroatoms. The summed E-state index contributed by atoms with van der Waals surface area (Å²) in [6, 6.07) is 1.95. The molecule has 1 aromatic rings. The molecule has 0 radical (unpaired) electrons. The fourth-order valence-corrected chi connectivity index (χ4v) is 2.80. The summed E-state index contributed by atoms with van der Waals surface area (Å²) in [5.41, 5.74) is 1.29. The molecule has 1 saturated heterocycles. The van der Waals surface area contributed by atoms with E-state index in [2.05, 4.69) is 15.2 Å². The van der Waals surface area contributed by atoms with Gasteiger partial charge in [-0.1, -0.05) is 0 Å². The summed E-state index contributed by atoms with van der Waals surface area (Å²) in [5, 5.41) is 12.9. The molecule has 23 heavy (non-hydrogen) atoms. The molecule has 1 aromatic heterocycles. The lowest BCUT2D eigenvalue weighted by Crippen LogP contribution is -2.49. The highest BCUT2D eigenvalue weighted by Gasteiger charge is 2.25. The van der Waals surface area contributed by atoms with Gasteiger partial charge in [-0.05, 0) is 46.6 Å². The van der Waals surface area contributed by atoms with Gasteiger partial charge in [0.2, 0.25) is 0 Å². The van der Waals surface area contributed by atoms with Gasteiger partial charge in [-0.25, -0.2) is 4.79 Å². The van der Waals surface area contributed by atoms with Gasteiger partial charge in [-0.15, -0.1) is 0 Å². The van der Waals surface area contributed by atoms with Gasteiger partial charge < -0.3 is 20.1 Å². The average molecular weight is 321 g/mol. The van der Waals surface area contributed by atoms with Gasteiger partial charge in [0.25, 0.3) is 0 Å². The van der Waals surface area contributed by atoms with E-state index in [1.807, 2.05) is 26.8 Å². The van der Waals surface area contributed by atoms with Crippen LogP contribution in [0.25, 0.3) is 0 Å². The number of hydrogen-bond donors (Lipinski definition) is 2. The molecule has 0 saturated carbocycles. The van der Waals surface area contributed by atoms with E-state index in [-0.39, 0.29) is 12.1 Å². The number of amides is 1. The fraction of sp³-hybridized carbons (Fsp3) is 0.647. The molecule has 1 aliphatic rings. The average Bonchev–Trinajstić information content (AvgIpc) is 2.45. The highest BCUT2D eigenvalue weighted by atomic mass is 16.6. The molecule has 6 nitrogen and oxygen atoms in total. The Morgan fingerprint density at radius 2 is 2.26 bits per heavy atom. The lowest BCUT2D eigenvalue weighted by atomic mass is 10.0. The van der Waals surface area contributed by atoms with E-state index in [0.717, 1.165) is 30.6 Å². The molecule has 2 N–H and O–H groups in total. The van der Waals surface area contributed by atoms with Crippen molar-refractivity contribution in [3.63, 3.8) is 0 Å². The minimum atomic E-state index is -0.571. The van der Waals surface area contributed by atoms with Crippen LogP contribution in [0.4, 0.5) is 10.5 Å². The molecule has 0 aromatic carbocycles. The Balaban J connectivity index is 2.03. The molecular weight excluding hydrogens is 294 g/mol. The highest BCUT2D eigenvalue weighted by Crippen LogP contribution is 2.27. The number of carbonyl (C=O) groups excluding carboxylic acids is 1. The van der Waals surface area contributed by atoms with Gasteiger partial charge in [0.15, 0.2) is 0 Å². The molecule has 0 aliphatic carbocycles. The van der Waals surface area contributed by atoms with Crippen molar-refractivity contribution >= 4 is 11.8 Å². The number of aliphatic hydroxyl groups is 1. The summed E-state index contributed by atoms with van der Waals surface area (Å²) in [6.45, 7) is 8.89. The van der Waals surface area contributed by atoms with Crippen LogP contribution in [0.2, 0.25) is 0 Å². The molecule has 1 amide bonds. The number of alkyl carbamates (subject to hydrolysis) is 1. The number of aliphatic hydroxyl groups excluding tert-OH is 1. The number of piperidine rings is 1. The molecule has 2 heterocycles. The van der Waals surface area contributed by atoms with Crippen molar-refractivity contribution in [2.75, 3.05) is 18.0 Å². The van der Waals surface area contributed by atoms with Crippen molar-refractivity contribution in [2.24, 2.45) is 0 Å². The SMILES string of the molecule is C[C@@H](O)c1cnccc1N1CCCC(NC(=O)OC(C)(C)C)C1. The molecule has 1 fully saturated rings. The third-order valence-corrected chi connectivity index (χ3v) is 3.76. The maximum atomic E-state index is 11.9. The second kappa shape index (κ2) is 7.17. The number of carbonyl (C=O) groups is 1. The minimum Gasteiger partial charge on any atom is -0.444 e. The van der Waals surface area contributed by atoms with Gasteiger partial charge in [0.05, 0.1) is 6.10 Å². The Kier molecular flexibility index (Phi) is 5.46. The Labute approximate surface area is 137 Å². The minimum absolute atomic E-state index is 0.0358. The van der Waals surface area contributed by atoms with Crippen molar-refractivity contribution < 1.29 is 14.6 Å². The normalized spacial score (nSPS) is 20.0. The molecule has 1 unspecified atom stereocenters. The Hall–Kier alpha value is -1.82. The quantitative estimate of drug-likeness (QED) is 0.895. The molecule has 1 aliphatic heterocycles. The van der Waals surface area contributed by atoms with Crippen molar-refractivity contribution in [3.8, 4) is 0 Å². The molecule has 0 bridgehead atoms. The Morgan fingerprint density at radius 1 is 1.52 bits per heavy atom. The molecule has 2 atom stereocenters. The van der Waals surface area contributed by atoms with E-state index in [1.54, 1.807) is 19.3 Å². The number of nitrogens with one attached hydrogen (secondary N) is 1. The van der Waals surface area contributed by atoms with E-state index >= 15 is 0 Å². The summed E-state index contributed by atoms with van der Waals surface area (Å²) in [5.74, 6) is 0. The maximum absolute atomic E-state index is 11.9. The molecule has 128 valence electrons. The standard InChI is InChI=1S/C17H27N3O3/c1-12(21)14-10-18-8-7-15(14)20-9-5-6-13(11-20)19-16(22)23-17(2,3)4/h7-8,10,12-13,21H,5-6,9,11H2,1-4H3,(H,19,22)/t12-,13?/m1/s1. The van der Waals surface area contributed by atoms with Gasteiger partial charge in [0, 0.05) is 42.8 Å². The zero-order chi connectivity index (χ0) is 17.0. The molecule has 2 rings (SSSR count). The smallest absolute Gasteiger partial charge is 0.407 e. The molecule has 0 spiro atoms. The second-order valence-corrected chi connectivity index (χ2v) is 7.04. The van der Waals surface area contributed by atoms with Crippen LogP contribution in [0.15, 0.2) is 18.5 Å². The predicted octanol–water partition coefficient (Wildman–Crippen LogP) is 2.63. The second-order valence-electron chi connectivity index (χ2n) is 7.04. The number of hydrogen-bond acceptors (Lipinski definition) is 5. The van der Waals surface area contributed by atoms with E-state index in [9.17, 15) is 9.90 Å². The predicted molar refractivity (Wildman–Crippen MR) is 89.5 cm³/mol. The van der Waals surface area contributed by atoms with E-state index in [0.29, 0.717) is 6.54 Å². The first-order chi connectivity index (χ1) is 10.8. The Morgan fingerprint density at radius 3 is 2.91 bits per heavy atom. The number of anilines is 1. The van der Waals surface area contributed by atoms with Crippen LogP contribution >= 0.6 is 0 Å². The van der Waals surface area contributed by atoms with E-state index in [4.69, 9.17) is 4.74 Å². The monoisotopic (exact) mass is 321 g/mol. The van der Waals surface area contributed by atoms with Crippen molar-refractivity contribution in [3.05, 3.63) is 24.0 Å². The number of rotatable bonds is 3. The van der Waals surface area contributed by atoms with Crippen molar-refractivity contribution in [1.29, 1.82) is 0 Å². The van der Waals surface area contributed by atoms with Crippen molar-refractivity contribution in [1.82, 2.24) is 10.3 Å². The summed E-state index contributed by atoms with van der Waals surface area (Å²) in [6.07, 6.45) is 4.37. The first-order valence-corrected chi connectivity index (χ1v) is 8.12. The lowest BCUT2D eigenvalue weighted by Gasteiger charge is -2.36. The highest BCUT2D eigenvalue weighted by molar-refractivity contribution is 5.68. The van der Waals surface area contributed by atoms with Gasteiger partial charge in [-0.2, -0.15) is 0 Å². The van der Waals surface area contributed by atoms with Gasteiger partial charge in [-0.3, -0.25) is 4.98 Å². The summed E-state index contributed by atoms with van der Waals surface area (Å²) < 4.78 is 5.32. The van der Waals surface area contributed by atoms with Crippen LogP contribution in [0, 0.1) is 0 Å². The van der Waals surface area contributed by atoms with Crippen molar-refractivity contribution in [2.45, 2.75) is 58.3 Å². The first kappa shape index (κ1) is 17.5. The Bertz CT molecular complexity index is 540.